The van der Waals surface area contributed by atoms with E-state index in [9.17, 15) is 14.0 Å². The van der Waals surface area contributed by atoms with E-state index < -0.39 is 23.3 Å². The molecule has 4 aromatic rings. The number of fused-ring (bicyclic) bond motifs is 1. The molecule has 0 aliphatic rings. The lowest BCUT2D eigenvalue weighted by atomic mass is 9.86. The van der Waals surface area contributed by atoms with Crippen molar-refractivity contribution in [1.29, 1.82) is 0 Å². The summed E-state index contributed by atoms with van der Waals surface area (Å²) in [5.41, 5.74) is 2.02. The highest BCUT2D eigenvalue weighted by Gasteiger charge is 2.24. The third kappa shape index (κ3) is 5.38. The number of ether oxygens (including phenoxy) is 1. The van der Waals surface area contributed by atoms with Crippen LogP contribution in [-0.4, -0.2) is 12.0 Å². The van der Waals surface area contributed by atoms with Gasteiger partial charge in [-0.15, -0.1) is 0 Å². The Labute approximate surface area is 207 Å². The summed E-state index contributed by atoms with van der Waals surface area (Å²) in [6, 6.07) is 17.8. The second kappa shape index (κ2) is 9.55. The van der Waals surface area contributed by atoms with Gasteiger partial charge in [-0.1, -0.05) is 56.6 Å². The summed E-state index contributed by atoms with van der Waals surface area (Å²) >= 11 is 6.11. The fourth-order valence-electron chi connectivity index (χ4n) is 3.58. The van der Waals surface area contributed by atoms with Crippen LogP contribution in [0, 0.1) is 5.82 Å². The second-order valence-corrected chi connectivity index (χ2v) is 9.75. The first-order valence-corrected chi connectivity index (χ1v) is 11.5. The lowest BCUT2D eigenvalue weighted by Gasteiger charge is -2.20. The van der Waals surface area contributed by atoms with Crippen molar-refractivity contribution in [3.05, 3.63) is 93.4 Å². The molecule has 7 heteroatoms. The van der Waals surface area contributed by atoms with E-state index in [1.54, 1.807) is 12.1 Å². The van der Waals surface area contributed by atoms with Crippen molar-refractivity contribution in [2.75, 3.05) is 5.32 Å². The summed E-state index contributed by atoms with van der Waals surface area (Å²) in [5.74, 6) is -0.796. The van der Waals surface area contributed by atoms with Gasteiger partial charge in [0.25, 0.3) is 5.91 Å². The van der Waals surface area contributed by atoms with Crippen molar-refractivity contribution in [2.24, 2.45) is 0 Å². The maximum absolute atomic E-state index is 13.4. The van der Waals surface area contributed by atoms with Crippen LogP contribution in [0.15, 0.2) is 75.9 Å². The number of hydrogen-bond donors (Lipinski definition) is 1. The molecular formula is C28H25ClFNO4. The van der Waals surface area contributed by atoms with Gasteiger partial charge in [0, 0.05) is 16.3 Å². The van der Waals surface area contributed by atoms with Crippen LogP contribution in [0.3, 0.4) is 0 Å². The lowest BCUT2D eigenvalue weighted by molar-refractivity contribution is -0.122. The van der Waals surface area contributed by atoms with Crippen molar-refractivity contribution in [1.82, 2.24) is 0 Å². The number of carbonyl (C=O) groups excluding carboxylic acids is 1. The summed E-state index contributed by atoms with van der Waals surface area (Å²) in [5, 5.41) is 3.27. The van der Waals surface area contributed by atoms with E-state index in [0.717, 1.165) is 5.56 Å². The Morgan fingerprint density at radius 3 is 2.31 bits per heavy atom. The first-order valence-electron chi connectivity index (χ1n) is 11.1. The first kappa shape index (κ1) is 24.5. The third-order valence-electron chi connectivity index (χ3n) is 5.60. The Bertz CT molecular complexity index is 1440. The zero-order chi connectivity index (χ0) is 25.3. The Balaban J connectivity index is 1.74. The number of benzene rings is 3. The van der Waals surface area contributed by atoms with Gasteiger partial charge in [-0.25, -0.2) is 4.39 Å². The Morgan fingerprint density at radius 2 is 1.69 bits per heavy atom. The normalized spacial score (nSPS) is 12.4. The quantitative estimate of drug-likeness (QED) is 0.326. The fourth-order valence-corrected chi connectivity index (χ4v) is 3.75. The van der Waals surface area contributed by atoms with E-state index in [1.165, 1.54) is 37.3 Å². The molecule has 1 aromatic heterocycles. The monoisotopic (exact) mass is 493 g/mol. The summed E-state index contributed by atoms with van der Waals surface area (Å²) in [4.78, 5) is 26.2. The number of hydrogen-bond acceptors (Lipinski definition) is 4. The molecule has 1 heterocycles. The number of carbonyl (C=O) groups is 1. The summed E-state index contributed by atoms with van der Waals surface area (Å²) in [6.45, 7) is 7.85. The van der Waals surface area contributed by atoms with E-state index in [2.05, 4.69) is 26.1 Å². The van der Waals surface area contributed by atoms with Crippen LogP contribution < -0.4 is 15.5 Å². The number of anilines is 1. The molecular weight excluding hydrogens is 469 g/mol. The molecule has 3 aromatic carbocycles. The highest BCUT2D eigenvalue weighted by atomic mass is 35.5. The van der Waals surface area contributed by atoms with Crippen LogP contribution in [-0.2, 0) is 10.2 Å². The Morgan fingerprint density at radius 1 is 1.03 bits per heavy atom. The number of halogens is 2. The van der Waals surface area contributed by atoms with Crippen LogP contribution in [0.25, 0.3) is 22.3 Å². The van der Waals surface area contributed by atoms with Gasteiger partial charge in [0.15, 0.2) is 11.9 Å². The van der Waals surface area contributed by atoms with Crippen molar-refractivity contribution < 1.29 is 18.3 Å². The molecule has 0 bridgehead atoms. The standard InChI is InChI=1S/C28H25ClFNO4/c1-16(27(33)31-21-12-10-20(30)11-13-21)34-26-24(32)22-15-19(29)9-14-23(22)35-25(26)17-5-7-18(8-6-17)28(2,3)4/h5-16H,1-4H3,(H,31,33)/t16-/m1/s1. The van der Waals surface area contributed by atoms with E-state index in [0.29, 0.717) is 21.9 Å². The molecule has 1 N–H and O–H groups in total. The molecule has 35 heavy (non-hydrogen) atoms. The molecule has 4 rings (SSSR count). The highest BCUT2D eigenvalue weighted by molar-refractivity contribution is 6.31. The van der Waals surface area contributed by atoms with Gasteiger partial charge in [-0.05, 0) is 60.4 Å². The average molecular weight is 494 g/mol. The fraction of sp³-hybridized carbons (Fsp3) is 0.214. The summed E-state index contributed by atoms with van der Waals surface area (Å²) < 4.78 is 25.2. The zero-order valence-electron chi connectivity index (χ0n) is 19.8. The topological polar surface area (TPSA) is 68.5 Å². The Hall–Kier alpha value is -3.64. The van der Waals surface area contributed by atoms with Crippen molar-refractivity contribution in [2.45, 2.75) is 39.2 Å². The maximum Gasteiger partial charge on any atom is 0.265 e. The molecule has 180 valence electrons. The first-order chi connectivity index (χ1) is 16.5. The van der Waals surface area contributed by atoms with Crippen LogP contribution >= 0.6 is 11.6 Å². The summed E-state index contributed by atoms with van der Waals surface area (Å²) in [6.07, 6.45) is -1.05. The molecule has 0 spiro atoms. The van der Waals surface area contributed by atoms with Gasteiger partial charge in [-0.3, -0.25) is 9.59 Å². The van der Waals surface area contributed by atoms with Gasteiger partial charge in [0.2, 0.25) is 11.2 Å². The molecule has 0 radical (unpaired) electrons. The van der Waals surface area contributed by atoms with Crippen LogP contribution in [0.2, 0.25) is 5.02 Å². The minimum absolute atomic E-state index is 0.0498. The molecule has 0 saturated heterocycles. The van der Waals surface area contributed by atoms with Gasteiger partial charge in [0.1, 0.15) is 11.4 Å². The van der Waals surface area contributed by atoms with E-state index in [4.69, 9.17) is 20.8 Å². The van der Waals surface area contributed by atoms with Crippen molar-refractivity contribution >= 4 is 34.2 Å². The number of nitrogens with one attached hydrogen (secondary N) is 1. The van der Waals surface area contributed by atoms with E-state index >= 15 is 0 Å². The van der Waals surface area contributed by atoms with E-state index in [1.807, 2.05) is 24.3 Å². The van der Waals surface area contributed by atoms with E-state index in [-0.39, 0.29) is 22.3 Å². The maximum atomic E-state index is 13.4. The highest BCUT2D eigenvalue weighted by Crippen LogP contribution is 2.34. The van der Waals surface area contributed by atoms with Crippen molar-refractivity contribution in [3.8, 4) is 17.1 Å². The van der Waals surface area contributed by atoms with Crippen molar-refractivity contribution in [3.63, 3.8) is 0 Å². The van der Waals surface area contributed by atoms with Gasteiger partial charge >= 0.3 is 0 Å². The lowest BCUT2D eigenvalue weighted by Crippen LogP contribution is -2.31. The molecule has 5 nitrogen and oxygen atoms in total. The van der Waals surface area contributed by atoms with Crippen LogP contribution in [0.4, 0.5) is 10.1 Å². The smallest absolute Gasteiger partial charge is 0.265 e. The molecule has 1 amide bonds. The SMILES string of the molecule is C[C@@H](Oc1c(-c2ccc(C(C)(C)C)cc2)oc2ccc(Cl)cc2c1=O)C(=O)Nc1ccc(F)cc1. The van der Waals surface area contributed by atoms with Gasteiger partial charge in [0.05, 0.1) is 5.39 Å². The molecule has 0 saturated carbocycles. The van der Waals surface area contributed by atoms with Crippen LogP contribution in [0.5, 0.6) is 5.75 Å². The number of rotatable bonds is 5. The minimum atomic E-state index is -1.05. The predicted molar refractivity (Wildman–Crippen MR) is 137 cm³/mol. The second-order valence-electron chi connectivity index (χ2n) is 9.31. The predicted octanol–water partition coefficient (Wildman–Crippen LogP) is 6.96. The molecule has 0 aliphatic carbocycles. The van der Waals surface area contributed by atoms with Gasteiger partial charge < -0.3 is 14.5 Å². The van der Waals surface area contributed by atoms with Gasteiger partial charge in [-0.2, -0.15) is 0 Å². The molecule has 1 atom stereocenters. The average Bonchev–Trinajstić information content (AvgIpc) is 2.82. The summed E-state index contributed by atoms with van der Waals surface area (Å²) in [7, 11) is 0. The zero-order valence-corrected chi connectivity index (χ0v) is 20.6. The largest absolute Gasteiger partial charge is 0.473 e. The number of amides is 1. The molecule has 0 unspecified atom stereocenters. The minimum Gasteiger partial charge on any atom is -0.473 e. The third-order valence-corrected chi connectivity index (χ3v) is 5.83. The molecule has 0 fully saturated rings. The molecule has 0 aliphatic heterocycles. The Kier molecular flexibility index (Phi) is 6.68. The van der Waals surface area contributed by atoms with Crippen LogP contribution in [0.1, 0.15) is 33.3 Å².